The first-order valence-corrected chi connectivity index (χ1v) is 6.63. The molecule has 0 saturated carbocycles. The van der Waals surface area contributed by atoms with E-state index in [0.29, 0.717) is 5.92 Å². The molecule has 0 bridgehead atoms. The number of hydrogen-bond donors (Lipinski definition) is 0. The molecule has 1 heteroatoms. The van der Waals surface area contributed by atoms with Gasteiger partial charge in [-0.1, -0.05) is 62.8 Å². The van der Waals surface area contributed by atoms with Gasteiger partial charge in [0.1, 0.15) is 0 Å². The van der Waals surface area contributed by atoms with Crippen molar-refractivity contribution in [1.29, 1.82) is 0 Å². The molecule has 0 aliphatic heterocycles. The minimum atomic E-state index is 0.520. The first kappa shape index (κ1) is 14.0. The van der Waals surface area contributed by atoms with Crippen LogP contribution in [0.1, 0.15) is 39.2 Å². The van der Waals surface area contributed by atoms with Crippen LogP contribution in [0.5, 0.6) is 0 Å². The van der Waals surface area contributed by atoms with Crippen molar-refractivity contribution in [3.05, 3.63) is 47.5 Å². The zero-order chi connectivity index (χ0) is 12.7. The second-order valence-corrected chi connectivity index (χ2v) is 4.57. The topological polar surface area (TPSA) is 3.24 Å². The van der Waals surface area contributed by atoms with E-state index in [9.17, 15) is 0 Å². The molecule has 0 saturated heterocycles. The first-order chi connectivity index (χ1) is 8.19. The fourth-order valence-electron chi connectivity index (χ4n) is 1.94. The maximum absolute atomic E-state index is 2.43. The SMILES string of the molecule is CCN(CC)C/C=C(\C)[C@H](C)c1ccccc1. The molecule has 0 N–H and O–H groups in total. The van der Waals surface area contributed by atoms with Gasteiger partial charge in [-0.25, -0.2) is 0 Å². The molecule has 94 valence electrons. The van der Waals surface area contributed by atoms with Crippen molar-refractivity contribution in [2.24, 2.45) is 0 Å². The van der Waals surface area contributed by atoms with Crippen LogP contribution in [0.25, 0.3) is 0 Å². The summed E-state index contributed by atoms with van der Waals surface area (Å²) < 4.78 is 0. The quantitative estimate of drug-likeness (QED) is 0.667. The molecule has 1 aromatic rings. The minimum absolute atomic E-state index is 0.520. The summed E-state index contributed by atoms with van der Waals surface area (Å²) in [5.41, 5.74) is 2.86. The smallest absolute Gasteiger partial charge is 0.0165 e. The summed E-state index contributed by atoms with van der Waals surface area (Å²) in [5.74, 6) is 0.520. The van der Waals surface area contributed by atoms with Gasteiger partial charge in [0.25, 0.3) is 0 Å². The van der Waals surface area contributed by atoms with Crippen molar-refractivity contribution in [3.63, 3.8) is 0 Å². The predicted molar refractivity (Wildman–Crippen MR) is 76.4 cm³/mol. The molecule has 0 unspecified atom stereocenters. The lowest BCUT2D eigenvalue weighted by Crippen LogP contribution is -2.23. The highest BCUT2D eigenvalue weighted by atomic mass is 15.1. The van der Waals surface area contributed by atoms with Crippen LogP contribution in [0.3, 0.4) is 0 Å². The monoisotopic (exact) mass is 231 g/mol. The van der Waals surface area contributed by atoms with Gasteiger partial charge in [0.2, 0.25) is 0 Å². The second kappa shape index (κ2) is 7.29. The van der Waals surface area contributed by atoms with E-state index in [1.54, 1.807) is 0 Å². The molecule has 1 atom stereocenters. The molecular weight excluding hydrogens is 206 g/mol. The molecule has 0 spiro atoms. The van der Waals surface area contributed by atoms with Gasteiger partial charge in [0, 0.05) is 12.5 Å². The highest BCUT2D eigenvalue weighted by Gasteiger charge is 2.06. The Hall–Kier alpha value is -1.08. The molecule has 0 aliphatic carbocycles. The van der Waals surface area contributed by atoms with Crippen molar-refractivity contribution >= 4 is 0 Å². The summed E-state index contributed by atoms with van der Waals surface area (Å²) in [6.45, 7) is 12.3. The summed E-state index contributed by atoms with van der Waals surface area (Å²) in [4.78, 5) is 2.43. The number of nitrogens with zero attached hydrogens (tertiary/aromatic N) is 1. The van der Waals surface area contributed by atoms with Crippen molar-refractivity contribution in [3.8, 4) is 0 Å². The standard InChI is InChI=1S/C16H25N/c1-5-17(6-2)13-12-14(3)15(4)16-10-8-7-9-11-16/h7-12,15H,5-6,13H2,1-4H3/b14-12+/t15-/m0/s1. The van der Waals surface area contributed by atoms with Crippen LogP contribution >= 0.6 is 0 Å². The van der Waals surface area contributed by atoms with E-state index in [1.165, 1.54) is 11.1 Å². The molecule has 1 aromatic carbocycles. The maximum atomic E-state index is 2.43. The fourth-order valence-corrected chi connectivity index (χ4v) is 1.94. The molecular formula is C16H25N. The minimum Gasteiger partial charge on any atom is -0.300 e. The lowest BCUT2D eigenvalue weighted by atomic mass is 9.94. The number of rotatable bonds is 6. The van der Waals surface area contributed by atoms with Gasteiger partial charge in [0.05, 0.1) is 0 Å². The van der Waals surface area contributed by atoms with E-state index in [0.717, 1.165) is 19.6 Å². The Balaban J connectivity index is 2.63. The van der Waals surface area contributed by atoms with Gasteiger partial charge < -0.3 is 4.90 Å². The molecule has 0 radical (unpaired) electrons. The van der Waals surface area contributed by atoms with E-state index in [-0.39, 0.29) is 0 Å². The zero-order valence-electron chi connectivity index (χ0n) is 11.6. The number of benzene rings is 1. The molecule has 0 heterocycles. The van der Waals surface area contributed by atoms with Crippen molar-refractivity contribution in [1.82, 2.24) is 4.90 Å². The lowest BCUT2D eigenvalue weighted by molar-refractivity contribution is 0.336. The zero-order valence-corrected chi connectivity index (χ0v) is 11.6. The van der Waals surface area contributed by atoms with Gasteiger partial charge in [0.15, 0.2) is 0 Å². The second-order valence-electron chi connectivity index (χ2n) is 4.57. The normalized spacial score (nSPS) is 14.1. The largest absolute Gasteiger partial charge is 0.300 e. The van der Waals surface area contributed by atoms with E-state index in [4.69, 9.17) is 0 Å². The van der Waals surface area contributed by atoms with E-state index in [1.807, 2.05) is 0 Å². The highest BCUT2D eigenvalue weighted by Crippen LogP contribution is 2.22. The number of likely N-dealkylation sites (N-methyl/N-ethyl adjacent to an activating group) is 1. The predicted octanol–water partition coefficient (Wildman–Crippen LogP) is 4.08. The number of allylic oxidation sites excluding steroid dienone is 1. The third-order valence-corrected chi connectivity index (χ3v) is 3.55. The van der Waals surface area contributed by atoms with Gasteiger partial charge in [-0.3, -0.25) is 0 Å². The van der Waals surface area contributed by atoms with Crippen LogP contribution in [-0.4, -0.2) is 24.5 Å². The fraction of sp³-hybridized carbons (Fsp3) is 0.500. The molecule has 1 nitrogen and oxygen atoms in total. The van der Waals surface area contributed by atoms with Gasteiger partial charge >= 0.3 is 0 Å². The van der Waals surface area contributed by atoms with Crippen LogP contribution < -0.4 is 0 Å². The Bertz CT molecular complexity index is 336. The van der Waals surface area contributed by atoms with Crippen molar-refractivity contribution in [2.45, 2.75) is 33.6 Å². The lowest BCUT2D eigenvalue weighted by Gasteiger charge is -2.18. The molecule has 0 aromatic heterocycles. The van der Waals surface area contributed by atoms with E-state index < -0.39 is 0 Å². The average Bonchev–Trinajstić information content (AvgIpc) is 2.39. The maximum Gasteiger partial charge on any atom is 0.0165 e. The average molecular weight is 231 g/mol. The van der Waals surface area contributed by atoms with Gasteiger partial charge in [-0.05, 0) is 25.6 Å². The molecule has 0 aliphatic rings. The van der Waals surface area contributed by atoms with Crippen LogP contribution in [0.4, 0.5) is 0 Å². The summed E-state index contributed by atoms with van der Waals surface area (Å²) >= 11 is 0. The van der Waals surface area contributed by atoms with E-state index in [2.05, 4.69) is 69.0 Å². The van der Waals surface area contributed by atoms with Gasteiger partial charge in [-0.2, -0.15) is 0 Å². The Morgan fingerprint density at radius 1 is 1.18 bits per heavy atom. The highest BCUT2D eigenvalue weighted by molar-refractivity contribution is 5.27. The third-order valence-electron chi connectivity index (χ3n) is 3.55. The number of hydrogen-bond acceptors (Lipinski definition) is 1. The van der Waals surface area contributed by atoms with E-state index >= 15 is 0 Å². The van der Waals surface area contributed by atoms with Crippen LogP contribution in [-0.2, 0) is 0 Å². The van der Waals surface area contributed by atoms with Crippen LogP contribution in [0.15, 0.2) is 42.0 Å². The van der Waals surface area contributed by atoms with Gasteiger partial charge in [-0.15, -0.1) is 0 Å². The Morgan fingerprint density at radius 3 is 2.29 bits per heavy atom. The molecule has 17 heavy (non-hydrogen) atoms. The summed E-state index contributed by atoms with van der Waals surface area (Å²) in [6, 6.07) is 10.7. The first-order valence-electron chi connectivity index (χ1n) is 6.63. The Labute approximate surface area is 106 Å². The summed E-state index contributed by atoms with van der Waals surface area (Å²) in [6.07, 6.45) is 2.37. The summed E-state index contributed by atoms with van der Waals surface area (Å²) in [5, 5.41) is 0. The van der Waals surface area contributed by atoms with Crippen molar-refractivity contribution in [2.75, 3.05) is 19.6 Å². The Kier molecular flexibility index (Phi) is 5.99. The van der Waals surface area contributed by atoms with Crippen LogP contribution in [0, 0.1) is 0 Å². The molecule has 0 fully saturated rings. The third kappa shape index (κ3) is 4.35. The molecule has 0 amide bonds. The summed E-state index contributed by atoms with van der Waals surface area (Å²) in [7, 11) is 0. The van der Waals surface area contributed by atoms with Crippen LogP contribution in [0.2, 0.25) is 0 Å². The van der Waals surface area contributed by atoms with Crippen molar-refractivity contribution < 1.29 is 0 Å². The molecule has 1 rings (SSSR count). The Morgan fingerprint density at radius 2 is 1.76 bits per heavy atom.